The van der Waals surface area contributed by atoms with E-state index in [4.69, 9.17) is 4.74 Å². The van der Waals surface area contributed by atoms with E-state index in [1.807, 2.05) is 12.1 Å². The standard InChI is InChI=1S/C20H26O2/c21-19-17-13-7-8-14-18(17)20(22-19,15-9-3-1-4-10-15)16-11-5-2-6-12-16/h7-8,13-16H,1-6,9-12H2. The van der Waals surface area contributed by atoms with Gasteiger partial charge < -0.3 is 4.74 Å². The Kier molecular flexibility index (Phi) is 3.71. The summed E-state index contributed by atoms with van der Waals surface area (Å²) in [5, 5.41) is 0. The van der Waals surface area contributed by atoms with Crippen LogP contribution in [0.25, 0.3) is 0 Å². The third kappa shape index (κ3) is 2.11. The lowest BCUT2D eigenvalue weighted by molar-refractivity contribution is -0.100. The topological polar surface area (TPSA) is 26.3 Å². The van der Waals surface area contributed by atoms with Gasteiger partial charge in [-0.05, 0) is 31.7 Å². The molecule has 1 heterocycles. The molecule has 0 saturated heterocycles. The van der Waals surface area contributed by atoms with Crippen LogP contribution in [0.2, 0.25) is 0 Å². The van der Waals surface area contributed by atoms with E-state index >= 15 is 0 Å². The summed E-state index contributed by atoms with van der Waals surface area (Å²) in [6, 6.07) is 8.19. The van der Waals surface area contributed by atoms with Crippen LogP contribution < -0.4 is 0 Å². The van der Waals surface area contributed by atoms with Crippen LogP contribution in [0.15, 0.2) is 24.3 Å². The molecule has 0 amide bonds. The van der Waals surface area contributed by atoms with Crippen molar-refractivity contribution in [1.82, 2.24) is 0 Å². The zero-order valence-electron chi connectivity index (χ0n) is 13.4. The Morgan fingerprint density at radius 2 is 1.36 bits per heavy atom. The maximum absolute atomic E-state index is 12.5. The van der Waals surface area contributed by atoms with E-state index in [0.717, 1.165) is 5.56 Å². The third-order valence-electron chi connectivity index (χ3n) is 6.25. The molecule has 0 spiro atoms. The van der Waals surface area contributed by atoms with Gasteiger partial charge in [0.25, 0.3) is 0 Å². The Labute approximate surface area is 133 Å². The summed E-state index contributed by atoms with van der Waals surface area (Å²) in [5.74, 6) is 0.973. The van der Waals surface area contributed by atoms with Crippen molar-refractivity contribution in [3.8, 4) is 0 Å². The maximum Gasteiger partial charge on any atom is 0.339 e. The molecule has 0 aromatic heterocycles. The van der Waals surface area contributed by atoms with Gasteiger partial charge >= 0.3 is 5.97 Å². The quantitative estimate of drug-likeness (QED) is 0.700. The van der Waals surface area contributed by atoms with Crippen LogP contribution in [0.4, 0.5) is 0 Å². The maximum atomic E-state index is 12.5. The Morgan fingerprint density at radius 1 is 0.818 bits per heavy atom. The van der Waals surface area contributed by atoms with Crippen LogP contribution in [-0.2, 0) is 10.3 Å². The van der Waals surface area contributed by atoms with Gasteiger partial charge in [0, 0.05) is 17.4 Å². The number of carbonyl (C=O) groups excluding carboxylic acids is 1. The van der Waals surface area contributed by atoms with Crippen LogP contribution in [0.3, 0.4) is 0 Å². The summed E-state index contributed by atoms with van der Waals surface area (Å²) in [6.45, 7) is 0. The molecule has 1 aromatic carbocycles. The lowest BCUT2D eigenvalue weighted by atomic mass is 9.63. The SMILES string of the molecule is O=C1OC(C2CCCCC2)(C2CCCCC2)c2ccccc21. The van der Waals surface area contributed by atoms with Crippen LogP contribution in [-0.4, -0.2) is 5.97 Å². The molecule has 0 N–H and O–H groups in total. The highest BCUT2D eigenvalue weighted by atomic mass is 16.6. The second kappa shape index (κ2) is 5.72. The summed E-state index contributed by atoms with van der Waals surface area (Å²) >= 11 is 0. The second-order valence-electron chi connectivity index (χ2n) is 7.40. The highest BCUT2D eigenvalue weighted by Gasteiger charge is 2.55. The summed E-state index contributed by atoms with van der Waals surface area (Å²) < 4.78 is 6.26. The first-order valence-electron chi connectivity index (χ1n) is 9.15. The number of benzene rings is 1. The first-order chi connectivity index (χ1) is 10.8. The monoisotopic (exact) mass is 298 g/mol. The molecule has 2 nitrogen and oxygen atoms in total. The van der Waals surface area contributed by atoms with Gasteiger partial charge in [-0.2, -0.15) is 0 Å². The molecule has 1 aliphatic heterocycles. The molecule has 1 aromatic rings. The largest absolute Gasteiger partial charge is 0.450 e. The van der Waals surface area contributed by atoms with Gasteiger partial charge in [0.05, 0.1) is 5.56 Å². The molecule has 0 unspecified atom stereocenters. The smallest absolute Gasteiger partial charge is 0.339 e. The minimum atomic E-state index is -0.311. The molecule has 0 atom stereocenters. The van der Waals surface area contributed by atoms with Gasteiger partial charge in [-0.3, -0.25) is 0 Å². The van der Waals surface area contributed by atoms with Crippen LogP contribution in [0, 0.1) is 11.8 Å². The summed E-state index contributed by atoms with van der Waals surface area (Å²) in [7, 11) is 0. The number of hydrogen-bond donors (Lipinski definition) is 0. The fourth-order valence-electron chi connectivity index (χ4n) is 5.27. The van der Waals surface area contributed by atoms with Crippen molar-refractivity contribution >= 4 is 5.97 Å². The minimum Gasteiger partial charge on any atom is -0.450 e. The summed E-state index contributed by atoms with van der Waals surface area (Å²) in [6.07, 6.45) is 12.7. The lowest BCUT2D eigenvalue weighted by Gasteiger charge is -2.46. The molecule has 22 heavy (non-hydrogen) atoms. The molecule has 2 saturated carbocycles. The van der Waals surface area contributed by atoms with E-state index in [1.54, 1.807) is 0 Å². The second-order valence-corrected chi connectivity index (χ2v) is 7.40. The van der Waals surface area contributed by atoms with Crippen LogP contribution in [0.1, 0.15) is 80.1 Å². The predicted octanol–water partition coefficient (Wildman–Crippen LogP) is 5.21. The lowest BCUT2D eigenvalue weighted by Crippen LogP contribution is -2.44. The fraction of sp³-hybridized carbons (Fsp3) is 0.650. The summed E-state index contributed by atoms with van der Waals surface area (Å²) in [4.78, 5) is 12.5. The van der Waals surface area contributed by atoms with Crippen molar-refractivity contribution in [1.29, 1.82) is 0 Å². The number of fused-ring (bicyclic) bond motifs is 1. The molecule has 2 heteroatoms. The minimum absolute atomic E-state index is 0.0771. The fourth-order valence-corrected chi connectivity index (χ4v) is 5.27. The Bertz CT molecular complexity index is 533. The van der Waals surface area contributed by atoms with E-state index in [-0.39, 0.29) is 11.6 Å². The zero-order chi connectivity index (χ0) is 15.0. The molecule has 2 fully saturated rings. The first-order valence-corrected chi connectivity index (χ1v) is 9.15. The predicted molar refractivity (Wildman–Crippen MR) is 86.7 cm³/mol. The molecule has 0 bridgehead atoms. The third-order valence-corrected chi connectivity index (χ3v) is 6.25. The van der Waals surface area contributed by atoms with Crippen molar-refractivity contribution in [2.24, 2.45) is 11.8 Å². The number of cyclic esters (lactones) is 1. The van der Waals surface area contributed by atoms with Gasteiger partial charge in [-0.1, -0.05) is 56.7 Å². The van der Waals surface area contributed by atoms with E-state index in [2.05, 4.69) is 12.1 Å². The molecule has 118 valence electrons. The highest BCUT2D eigenvalue weighted by Crippen LogP contribution is 2.55. The molecule has 0 radical (unpaired) electrons. The van der Waals surface area contributed by atoms with E-state index in [0.29, 0.717) is 11.8 Å². The average Bonchev–Trinajstić information content (AvgIpc) is 2.91. The number of carbonyl (C=O) groups is 1. The normalized spacial score (nSPS) is 25.7. The Hall–Kier alpha value is -1.31. The molecule has 2 aliphatic carbocycles. The van der Waals surface area contributed by atoms with Gasteiger partial charge in [-0.15, -0.1) is 0 Å². The van der Waals surface area contributed by atoms with E-state index in [1.165, 1.54) is 69.8 Å². The van der Waals surface area contributed by atoms with Crippen molar-refractivity contribution in [2.75, 3.05) is 0 Å². The van der Waals surface area contributed by atoms with Crippen LogP contribution in [0.5, 0.6) is 0 Å². The number of ether oxygens (including phenoxy) is 1. The van der Waals surface area contributed by atoms with Gasteiger partial charge in [0.15, 0.2) is 0 Å². The van der Waals surface area contributed by atoms with Crippen molar-refractivity contribution < 1.29 is 9.53 Å². The molecular weight excluding hydrogens is 272 g/mol. The molecule has 3 aliphatic rings. The van der Waals surface area contributed by atoms with Crippen molar-refractivity contribution in [3.63, 3.8) is 0 Å². The van der Waals surface area contributed by atoms with E-state index in [9.17, 15) is 4.79 Å². The molecular formula is C20H26O2. The number of esters is 1. The van der Waals surface area contributed by atoms with E-state index < -0.39 is 0 Å². The number of hydrogen-bond acceptors (Lipinski definition) is 2. The zero-order valence-corrected chi connectivity index (χ0v) is 13.4. The van der Waals surface area contributed by atoms with Crippen LogP contribution >= 0.6 is 0 Å². The van der Waals surface area contributed by atoms with Crippen molar-refractivity contribution in [2.45, 2.75) is 69.8 Å². The van der Waals surface area contributed by atoms with Gasteiger partial charge in [0.1, 0.15) is 5.60 Å². The Balaban J connectivity index is 1.80. The first kappa shape index (κ1) is 14.3. The average molecular weight is 298 g/mol. The van der Waals surface area contributed by atoms with Gasteiger partial charge in [0.2, 0.25) is 0 Å². The summed E-state index contributed by atoms with van der Waals surface area (Å²) in [5.41, 5.74) is 1.73. The Morgan fingerprint density at radius 3 is 1.95 bits per heavy atom. The highest BCUT2D eigenvalue weighted by molar-refractivity contribution is 5.94. The van der Waals surface area contributed by atoms with Crippen molar-refractivity contribution in [3.05, 3.63) is 35.4 Å². The number of rotatable bonds is 2. The molecule has 4 rings (SSSR count). The van der Waals surface area contributed by atoms with Gasteiger partial charge in [-0.25, -0.2) is 4.79 Å².